The molecule has 0 rings (SSSR count). The van der Waals surface area contributed by atoms with Crippen LogP contribution in [-0.2, 0) is 0 Å². The molecule has 0 aliphatic heterocycles. The van der Waals surface area contributed by atoms with Crippen molar-refractivity contribution < 1.29 is 20.4 Å². The summed E-state index contributed by atoms with van der Waals surface area (Å²) in [6.07, 6.45) is 12.0. The highest BCUT2D eigenvalue weighted by molar-refractivity contribution is 4.84. The van der Waals surface area contributed by atoms with E-state index in [0.29, 0.717) is 6.42 Å². The molecule has 0 aromatic carbocycles. The summed E-state index contributed by atoms with van der Waals surface area (Å²) < 4.78 is 0. The summed E-state index contributed by atoms with van der Waals surface area (Å²) in [4.78, 5) is 0. The largest absolute Gasteiger partial charge is 0.396 e. The zero-order valence-electron chi connectivity index (χ0n) is 13.8. The van der Waals surface area contributed by atoms with Gasteiger partial charge in [0.2, 0.25) is 0 Å². The minimum Gasteiger partial charge on any atom is -0.396 e. The molecule has 4 N–H and O–H groups in total. The second-order valence-corrected chi connectivity index (χ2v) is 6.32. The number of aliphatic hydroxyl groups is 4. The molecule has 0 aromatic heterocycles. The second-order valence-electron chi connectivity index (χ2n) is 6.32. The predicted octanol–water partition coefficient (Wildman–Crippen LogP) is 2.62. The predicted molar refractivity (Wildman–Crippen MR) is 86.2 cm³/mol. The van der Waals surface area contributed by atoms with Crippen molar-refractivity contribution in [2.75, 3.05) is 19.8 Å². The Morgan fingerprint density at radius 2 is 1.05 bits per heavy atom. The number of aliphatic hydroxyl groups excluding tert-OH is 4. The van der Waals surface area contributed by atoms with Gasteiger partial charge in [-0.2, -0.15) is 0 Å². The first-order valence-electron chi connectivity index (χ1n) is 8.67. The van der Waals surface area contributed by atoms with Gasteiger partial charge in [0.1, 0.15) is 0 Å². The Bertz CT molecular complexity index is 209. The summed E-state index contributed by atoms with van der Waals surface area (Å²) in [6, 6.07) is 0. The fourth-order valence-electron chi connectivity index (χ4n) is 2.60. The van der Waals surface area contributed by atoms with Gasteiger partial charge in [-0.05, 0) is 6.42 Å². The van der Waals surface area contributed by atoms with E-state index in [-0.39, 0.29) is 19.8 Å². The minimum atomic E-state index is -1.15. The zero-order valence-corrected chi connectivity index (χ0v) is 13.8. The lowest BCUT2D eigenvalue weighted by molar-refractivity contribution is -0.0863. The minimum absolute atomic E-state index is 0.390. The molecule has 128 valence electrons. The highest BCUT2D eigenvalue weighted by Crippen LogP contribution is 2.24. The summed E-state index contributed by atoms with van der Waals surface area (Å²) >= 11 is 0. The van der Waals surface area contributed by atoms with Crippen LogP contribution in [0.2, 0.25) is 0 Å². The molecule has 0 aromatic rings. The fourth-order valence-corrected chi connectivity index (χ4v) is 2.60. The van der Waals surface area contributed by atoms with Crippen molar-refractivity contribution in [2.24, 2.45) is 5.41 Å². The van der Waals surface area contributed by atoms with Crippen LogP contribution in [0.3, 0.4) is 0 Å². The summed E-state index contributed by atoms with van der Waals surface area (Å²) in [7, 11) is 0. The van der Waals surface area contributed by atoms with E-state index in [1.807, 2.05) is 0 Å². The van der Waals surface area contributed by atoms with E-state index in [0.717, 1.165) is 12.8 Å². The lowest BCUT2D eigenvalue weighted by Gasteiger charge is -2.32. The summed E-state index contributed by atoms with van der Waals surface area (Å²) in [6.45, 7) is 1.06. The maximum Gasteiger partial charge on any atom is 0.0662 e. The molecule has 1 atom stereocenters. The van der Waals surface area contributed by atoms with Crippen LogP contribution >= 0.6 is 0 Å². The maximum atomic E-state index is 10.0. The van der Waals surface area contributed by atoms with Crippen molar-refractivity contribution in [1.82, 2.24) is 0 Å². The molecule has 0 amide bonds. The average molecular weight is 304 g/mol. The van der Waals surface area contributed by atoms with E-state index in [9.17, 15) is 20.4 Å². The Kier molecular flexibility index (Phi) is 13.4. The third-order valence-electron chi connectivity index (χ3n) is 4.48. The van der Waals surface area contributed by atoms with E-state index < -0.39 is 11.5 Å². The van der Waals surface area contributed by atoms with Gasteiger partial charge in [0.05, 0.1) is 31.3 Å². The quantitative estimate of drug-likeness (QED) is 0.351. The zero-order chi connectivity index (χ0) is 16.0. The molecule has 4 heteroatoms. The molecule has 4 nitrogen and oxygen atoms in total. The molecule has 0 fully saturated rings. The Morgan fingerprint density at radius 3 is 1.43 bits per heavy atom. The van der Waals surface area contributed by atoms with Crippen LogP contribution in [-0.4, -0.2) is 46.4 Å². The average Bonchev–Trinajstić information content (AvgIpc) is 2.51. The van der Waals surface area contributed by atoms with Crippen LogP contribution < -0.4 is 0 Å². The molecule has 0 saturated heterocycles. The smallest absolute Gasteiger partial charge is 0.0662 e. The second kappa shape index (κ2) is 13.5. The Hall–Kier alpha value is -0.160. The van der Waals surface area contributed by atoms with Gasteiger partial charge in [0.25, 0.3) is 0 Å². The van der Waals surface area contributed by atoms with E-state index >= 15 is 0 Å². The first-order valence-corrected chi connectivity index (χ1v) is 8.67. The number of hydrogen-bond donors (Lipinski definition) is 4. The van der Waals surface area contributed by atoms with Crippen LogP contribution in [0.4, 0.5) is 0 Å². The van der Waals surface area contributed by atoms with Crippen molar-refractivity contribution in [1.29, 1.82) is 0 Å². The Balaban J connectivity index is 3.53. The van der Waals surface area contributed by atoms with Crippen LogP contribution in [0.15, 0.2) is 0 Å². The topological polar surface area (TPSA) is 80.9 Å². The van der Waals surface area contributed by atoms with Crippen molar-refractivity contribution >= 4 is 0 Å². The lowest BCUT2D eigenvalue weighted by atomic mass is 9.82. The monoisotopic (exact) mass is 304 g/mol. The van der Waals surface area contributed by atoms with Gasteiger partial charge < -0.3 is 20.4 Å². The SMILES string of the molecule is CCCCCCCCCCCCC(O)C(CO)(CO)CO. The molecule has 1 unspecified atom stereocenters. The van der Waals surface area contributed by atoms with Crippen molar-refractivity contribution in [2.45, 2.75) is 83.7 Å². The number of rotatable bonds is 15. The van der Waals surface area contributed by atoms with Gasteiger partial charge in [-0.1, -0.05) is 71.1 Å². The lowest BCUT2D eigenvalue weighted by Crippen LogP contribution is -2.45. The van der Waals surface area contributed by atoms with Gasteiger partial charge in [-0.25, -0.2) is 0 Å². The van der Waals surface area contributed by atoms with E-state index in [4.69, 9.17) is 0 Å². The normalized spacial score (nSPS) is 13.6. The molecule has 0 heterocycles. The molecule has 0 aliphatic rings. The maximum absolute atomic E-state index is 10.0. The highest BCUT2D eigenvalue weighted by atomic mass is 16.3. The van der Waals surface area contributed by atoms with Crippen molar-refractivity contribution in [3.05, 3.63) is 0 Å². The first kappa shape index (κ1) is 20.8. The third kappa shape index (κ3) is 8.77. The van der Waals surface area contributed by atoms with Gasteiger partial charge in [0.15, 0.2) is 0 Å². The fraction of sp³-hybridized carbons (Fsp3) is 1.00. The van der Waals surface area contributed by atoms with Crippen molar-refractivity contribution in [3.8, 4) is 0 Å². The molecule has 0 spiro atoms. The summed E-state index contributed by atoms with van der Waals surface area (Å²) in [5.41, 5.74) is -1.15. The van der Waals surface area contributed by atoms with Crippen LogP contribution in [0.5, 0.6) is 0 Å². The summed E-state index contributed by atoms with van der Waals surface area (Å²) in [5, 5.41) is 37.7. The first-order chi connectivity index (χ1) is 10.2. The van der Waals surface area contributed by atoms with Crippen LogP contribution in [0, 0.1) is 5.41 Å². The van der Waals surface area contributed by atoms with Crippen molar-refractivity contribution in [3.63, 3.8) is 0 Å². The number of hydrogen-bond acceptors (Lipinski definition) is 4. The molecule has 0 radical (unpaired) electrons. The Labute approximate surface area is 130 Å². The Morgan fingerprint density at radius 1 is 0.667 bits per heavy atom. The van der Waals surface area contributed by atoms with Gasteiger partial charge >= 0.3 is 0 Å². The standard InChI is InChI=1S/C17H36O4/c1-2-3-4-5-6-7-8-9-10-11-12-16(21)17(13-18,14-19)15-20/h16,18-21H,2-15H2,1H3. The summed E-state index contributed by atoms with van der Waals surface area (Å²) in [5.74, 6) is 0. The highest BCUT2D eigenvalue weighted by Gasteiger charge is 2.35. The molecule has 0 saturated carbocycles. The van der Waals surface area contributed by atoms with E-state index in [1.54, 1.807) is 0 Å². The van der Waals surface area contributed by atoms with E-state index in [2.05, 4.69) is 6.92 Å². The molecule has 0 bridgehead atoms. The molecular formula is C17H36O4. The van der Waals surface area contributed by atoms with Gasteiger partial charge in [0, 0.05) is 0 Å². The number of unbranched alkanes of at least 4 members (excludes halogenated alkanes) is 9. The molecule has 0 aliphatic carbocycles. The molecular weight excluding hydrogens is 268 g/mol. The van der Waals surface area contributed by atoms with Gasteiger partial charge in [-0.15, -0.1) is 0 Å². The van der Waals surface area contributed by atoms with E-state index in [1.165, 1.54) is 51.4 Å². The molecule has 21 heavy (non-hydrogen) atoms. The van der Waals surface area contributed by atoms with Crippen LogP contribution in [0.1, 0.15) is 77.6 Å². The van der Waals surface area contributed by atoms with Gasteiger partial charge in [-0.3, -0.25) is 0 Å². The van der Waals surface area contributed by atoms with Crippen LogP contribution in [0.25, 0.3) is 0 Å². The third-order valence-corrected chi connectivity index (χ3v) is 4.48.